The maximum absolute atomic E-state index is 4.83. The lowest BCUT2D eigenvalue weighted by Gasteiger charge is -2.10. The lowest BCUT2D eigenvalue weighted by atomic mass is 9.98. The molecule has 5 rings (SSSR count). The number of aryl methyl sites for hydroxylation is 2. The van der Waals surface area contributed by atoms with Gasteiger partial charge in [0.05, 0.1) is 16.5 Å². The lowest BCUT2D eigenvalue weighted by molar-refractivity contribution is -0.659. The van der Waals surface area contributed by atoms with Crippen LogP contribution in [0.25, 0.3) is 38.6 Å². The molecule has 0 saturated carbocycles. The van der Waals surface area contributed by atoms with Gasteiger partial charge in [-0.05, 0) is 48.2 Å². The summed E-state index contributed by atoms with van der Waals surface area (Å²) in [5.41, 5.74) is 5.72. The molecule has 25 heavy (non-hydrogen) atoms. The van der Waals surface area contributed by atoms with Gasteiger partial charge in [-0.15, -0.1) is 0 Å². The van der Waals surface area contributed by atoms with Gasteiger partial charge in [-0.25, -0.2) is 9.55 Å². The van der Waals surface area contributed by atoms with E-state index in [0.29, 0.717) is 0 Å². The summed E-state index contributed by atoms with van der Waals surface area (Å²) >= 11 is 0. The molecule has 0 saturated heterocycles. The van der Waals surface area contributed by atoms with E-state index in [1.54, 1.807) is 0 Å². The van der Waals surface area contributed by atoms with Crippen LogP contribution in [0.2, 0.25) is 0 Å². The van der Waals surface area contributed by atoms with Gasteiger partial charge >= 0.3 is 0 Å². The largest absolute Gasteiger partial charge is 0.308 e. The zero-order valence-electron chi connectivity index (χ0n) is 14.3. The molecule has 3 heterocycles. The zero-order valence-corrected chi connectivity index (χ0v) is 14.3. The molecular weight excluding hydrogens is 306 g/mol. The van der Waals surface area contributed by atoms with Crippen molar-refractivity contribution in [3.05, 3.63) is 78.8 Å². The van der Waals surface area contributed by atoms with Gasteiger partial charge in [-0.2, -0.15) is 0 Å². The normalized spacial score (nSPS) is 11.6. The Morgan fingerprint density at radius 3 is 2.76 bits per heavy atom. The van der Waals surface area contributed by atoms with Gasteiger partial charge in [-0.3, -0.25) is 0 Å². The standard InChI is InChI=1S/C22H18N3/c1-15-12-17-14-25-10-5-8-21(25)23-20(17)13-19(15)22-18-7-4-3-6-16(18)9-11-24(22)2/h3-14H,1-2H3/q+1. The monoisotopic (exact) mass is 324 g/mol. The van der Waals surface area contributed by atoms with E-state index in [4.69, 9.17) is 4.98 Å². The van der Waals surface area contributed by atoms with Crippen LogP contribution in [0.1, 0.15) is 5.56 Å². The van der Waals surface area contributed by atoms with E-state index >= 15 is 0 Å². The third-order valence-electron chi connectivity index (χ3n) is 4.94. The van der Waals surface area contributed by atoms with Crippen LogP contribution >= 0.6 is 0 Å². The minimum Gasteiger partial charge on any atom is -0.308 e. The summed E-state index contributed by atoms with van der Waals surface area (Å²) in [6, 6.07) is 19.2. The molecule has 3 aromatic heterocycles. The van der Waals surface area contributed by atoms with Gasteiger partial charge in [0.25, 0.3) is 0 Å². The van der Waals surface area contributed by atoms with E-state index in [1.165, 1.54) is 27.6 Å². The Bertz CT molecular complexity index is 1260. The van der Waals surface area contributed by atoms with Crippen LogP contribution in [0.4, 0.5) is 0 Å². The van der Waals surface area contributed by atoms with Gasteiger partial charge < -0.3 is 4.40 Å². The third-order valence-corrected chi connectivity index (χ3v) is 4.94. The van der Waals surface area contributed by atoms with Crippen LogP contribution in [0.15, 0.2) is 73.2 Å². The molecule has 0 amide bonds. The summed E-state index contributed by atoms with van der Waals surface area (Å²) in [6.07, 6.45) is 6.32. The molecule has 0 spiro atoms. The Kier molecular flexibility index (Phi) is 2.92. The van der Waals surface area contributed by atoms with E-state index in [2.05, 4.69) is 77.8 Å². The fraction of sp³-hybridized carbons (Fsp3) is 0.0909. The maximum Gasteiger partial charge on any atom is 0.220 e. The summed E-state index contributed by atoms with van der Waals surface area (Å²) in [6.45, 7) is 2.18. The second-order valence-electron chi connectivity index (χ2n) is 6.60. The van der Waals surface area contributed by atoms with E-state index in [-0.39, 0.29) is 0 Å². The number of hydrogen-bond donors (Lipinski definition) is 0. The van der Waals surface area contributed by atoms with Crippen LogP contribution in [-0.4, -0.2) is 9.38 Å². The van der Waals surface area contributed by atoms with E-state index < -0.39 is 0 Å². The molecule has 0 aliphatic heterocycles. The van der Waals surface area contributed by atoms with Gasteiger partial charge in [0.15, 0.2) is 6.20 Å². The second kappa shape index (κ2) is 5.15. The summed E-state index contributed by atoms with van der Waals surface area (Å²) in [7, 11) is 2.11. The number of fused-ring (bicyclic) bond motifs is 3. The molecule has 0 aliphatic rings. The van der Waals surface area contributed by atoms with Crippen LogP contribution < -0.4 is 4.57 Å². The number of rotatable bonds is 1. The summed E-state index contributed by atoms with van der Waals surface area (Å²) in [4.78, 5) is 4.83. The molecule has 0 aliphatic carbocycles. The van der Waals surface area contributed by atoms with Crippen LogP contribution in [0.3, 0.4) is 0 Å². The Balaban J connectivity index is 1.87. The average molecular weight is 324 g/mol. The zero-order chi connectivity index (χ0) is 17.0. The Hall–Kier alpha value is -3.20. The van der Waals surface area contributed by atoms with E-state index in [0.717, 1.165) is 16.6 Å². The Morgan fingerprint density at radius 1 is 0.960 bits per heavy atom. The van der Waals surface area contributed by atoms with Crippen molar-refractivity contribution >= 4 is 27.3 Å². The highest BCUT2D eigenvalue weighted by atomic mass is 15.0. The SMILES string of the molecule is Cc1cc2cn3cccc3nc2cc1-c1c2ccccc2cc[n+]1C. The number of hydrogen-bond acceptors (Lipinski definition) is 1. The topological polar surface area (TPSA) is 21.2 Å². The van der Waals surface area contributed by atoms with E-state index in [9.17, 15) is 0 Å². The highest BCUT2D eigenvalue weighted by Gasteiger charge is 2.18. The number of benzene rings is 2. The maximum atomic E-state index is 4.83. The first-order chi connectivity index (χ1) is 12.2. The molecule has 120 valence electrons. The van der Waals surface area contributed by atoms with Crippen molar-refractivity contribution in [2.45, 2.75) is 6.92 Å². The smallest absolute Gasteiger partial charge is 0.220 e. The molecule has 0 fully saturated rings. The van der Waals surface area contributed by atoms with Crippen molar-refractivity contribution in [2.75, 3.05) is 0 Å². The second-order valence-corrected chi connectivity index (χ2v) is 6.60. The molecule has 0 N–H and O–H groups in total. The van der Waals surface area contributed by atoms with Crippen LogP contribution in [-0.2, 0) is 7.05 Å². The first kappa shape index (κ1) is 14.2. The molecule has 5 aromatic rings. The van der Waals surface area contributed by atoms with Gasteiger partial charge in [-0.1, -0.05) is 18.2 Å². The minimum absolute atomic E-state index is 0.976. The molecular formula is C22H18N3+. The molecule has 2 aromatic carbocycles. The average Bonchev–Trinajstić information content (AvgIpc) is 3.07. The van der Waals surface area contributed by atoms with Crippen molar-refractivity contribution in [2.24, 2.45) is 7.05 Å². The number of nitrogens with zero attached hydrogens (tertiary/aromatic N) is 3. The Morgan fingerprint density at radius 2 is 1.84 bits per heavy atom. The predicted octanol–water partition coefficient (Wildman–Crippen LogP) is 4.44. The van der Waals surface area contributed by atoms with Crippen LogP contribution in [0, 0.1) is 6.92 Å². The summed E-state index contributed by atoms with van der Waals surface area (Å²) < 4.78 is 4.27. The van der Waals surface area contributed by atoms with Gasteiger partial charge in [0.2, 0.25) is 5.69 Å². The highest BCUT2D eigenvalue weighted by molar-refractivity contribution is 5.96. The number of pyridine rings is 1. The minimum atomic E-state index is 0.976. The molecule has 0 radical (unpaired) electrons. The van der Waals surface area contributed by atoms with Crippen molar-refractivity contribution in [1.29, 1.82) is 0 Å². The van der Waals surface area contributed by atoms with Gasteiger partial charge in [0.1, 0.15) is 12.7 Å². The van der Waals surface area contributed by atoms with Crippen molar-refractivity contribution < 1.29 is 4.57 Å². The summed E-state index contributed by atoms with van der Waals surface area (Å²) in [5, 5.41) is 3.68. The van der Waals surface area contributed by atoms with Crippen molar-refractivity contribution in [1.82, 2.24) is 9.38 Å². The first-order valence-corrected chi connectivity index (χ1v) is 8.46. The first-order valence-electron chi connectivity index (χ1n) is 8.46. The predicted molar refractivity (Wildman–Crippen MR) is 102 cm³/mol. The fourth-order valence-electron chi connectivity index (χ4n) is 3.69. The lowest BCUT2D eigenvalue weighted by Crippen LogP contribution is -2.30. The third kappa shape index (κ3) is 2.13. The van der Waals surface area contributed by atoms with Gasteiger partial charge in [0, 0.05) is 23.8 Å². The van der Waals surface area contributed by atoms with Crippen molar-refractivity contribution in [3.8, 4) is 11.3 Å². The molecule has 0 bridgehead atoms. The molecule has 3 heteroatoms. The molecule has 0 unspecified atom stereocenters. The molecule has 3 nitrogen and oxygen atoms in total. The fourth-order valence-corrected chi connectivity index (χ4v) is 3.69. The summed E-state index contributed by atoms with van der Waals surface area (Å²) in [5.74, 6) is 0. The van der Waals surface area contributed by atoms with E-state index in [1.807, 2.05) is 18.3 Å². The number of aromatic nitrogens is 3. The van der Waals surface area contributed by atoms with Crippen molar-refractivity contribution in [3.63, 3.8) is 0 Å². The molecule has 0 atom stereocenters. The quantitative estimate of drug-likeness (QED) is 0.418. The van der Waals surface area contributed by atoms with Crippen LogP contribution in [0.5, 0.6) is 0 Å². The highest BCUT2D eigenvalue weighted by Crippen LogP contribution is 2.30. The Labute approximate surface area is 145 Å².